The van der Waals surface area contributed by atoms with Crippen molar-refractivity contribution in [2.45, 2.75) is 13.0 Å². The van der Waals surface area contributed by atoms with E-state index in [1.54, 1.807) is 0 Å². The van der Waals surface area contributed by atoms with E-state index < -0.39 is 24.3 Å². The van der Waals surface area contributed by atoms with Crippen molar-refractivity contribution in [2.24, 2.45) is 5.73 Å². The lowest BCUT2D eigenvalue weighted by Gasteiger charge is -2.10. The standard InChI is InChI=1S/C9H11F2NO/c1-5-2-3-6(7(12)4-13)9(11)8(5)10/h2-3,7,13H,4,12H2,1H3. The Labute approximate surface area is 75.0 Å². The fourth-order valence-electron chi connectivity index (χ4n) is 1.05. The number of aryl methyl sites for hydroxylation is 1. The van der Waals surface area contributed by atoms with Crippen LogP contribution in [0.4, 0.5) is 8.78 Å². The van der Waals surface area contributed by atoms with E-state index in [1.807, 2.05) is 0 Å². The van der Waals surface area contributed by atoms with E-state index in [0.717, 1.165) is 0 Å². The first-order valence-electron chi connectivity index (χ1n) is 3.89. The minimum absolute atomic E-state index is 0.00519. The van der Waals surface area contributed by atoms with Crippen molar-refractivity contribution < 1.29 is 13.9 Å². The van der Waals surface area contributed by atoms with Gasteiger partial charge in [-0.05, 0) is 12.5 Å². The van der Waals surface area contributed by atoms with Gasteiger partial charge in [-0.1, -0.05) is 12.1 Å². The lowest BCUT2D eigenvalue weighted by atomic mass is 10.1. The smallest absolute Gasteiger partial charge is 0.163 e. The lowest BCUT2D eigenvalue weighted by molar-refractivity contribution is 0.264. The van der Waals surface area contributed by atoms with E-state index in [9.17, 15) is 8.78 Å². The SMILES string of the molecule is Cc1ccc(C(N)CO)c(F)c1F. The van der Waals surface area contributed by atoms with Crippen LogP contribution in [0, 0.1) is 18.6 Å². The molecular weight excluding hydrogens is 176 g/mol. The summed E-state index contributed by atoms with van der Waals surface area (Å²) >= 11 is 0. The van der Waals surface area contributed by atoms with Gasteiger partial charge in [0.25, 0.3) is 0 Å². The van der Waals surface area contributed by atoms with Crippen molar-refractivity contribution >= 4 is 0 Å². The number of aliphatic hydroxyl groups is 1. The molecule has 2 nitrogen and oxygen atoms in total. The van der Waals surface area contributed by atoms with Gasteiger partial charge in [-0.25, -0.2) is 8.78 Å². The number of halogens is 2. The zero-order valence-electron chi connectivity index (χ0n) is 7.22. The first kappa shape index (κ1) is 10.1. The van der Waals surface area contributed by atoms with Crippen LogP contribution in [0.3, 0.4) is 0 Å². The van der Waals surface area contributed by atoms with Gasteiger partial charge in [0, 0.05) is 5.56 Å². The van der Waals surface area contributed by atoms with Crippen molar-refractivity contribution in [3.8, 4) is 0 Å². The van der Waals surface area contributed by atoms with E-state index in [-0.39, 0.29) is 11.1 Å². The Bertz CT molecular complexity index is 315. The Balaban J connectivity index is 3.18. The molecule has 0 spiro atoms. The van der Waals surface area contributed by atoms with Gasteiger partial charge in [-0.15, -0.1) is 0 Å². The van der Waals surface area contributed by atoms with E-state index in [4.69, 9.17) is 10.8 Å². The van der Waals surface area contributed by atoms with Gasteiger partial charge < -0.3 is 10.8 Å². The summed E-state index contributed by atoms with van der Waals surface area (Å²) in [4.78, 5) is 0. The topological polar surface area (TPSA) is 46.2 Å². The van der Waals surface area contributed by atoms with Gasteiger partial charge >= 0.3 is 0 Å². The molecule has 3 N–H and O–H groups in total. The number of nitrogens with two attached hydrogens (primary N) is 1. The third-order valence-electron chi connectivity index (χ3n) is 1.90. The molecule has 1 unspecified atom stereocenters. The van der Waals surface area contributed by atoms with E-state index in [2.05, 4.69) is 0 Å². The zero-order valence-corrected chi connectivity index (χ0v) is 7.22. The lowest BCUT2D eigenvalue weighted by Crippen LogP contribution is -2.17. The quantitative estimate of drug-likeness (QED) is 0.732. The molecule has 0 aliphatic carbocycles. The average Bonchev–Trinajstić information content (AvgIpc) is 2.13. The second-order valence-corrected chi connectivity index (χ2v) is 2.89. The molecule has 13 heavy (non-hydrogen) atoms. The molecule has 1 aromatic carbocycles. The van der Waals surface area contributed by atoms with Gasteiger partial charge in [0.15, 0.2) is 11.6 Å². The molecule has 72 valence electrons. The molecule has 0 heterocycles. The summed E-state index contributed by atoms with van der Waals surface area (Å²) < 4.78 is 26.1. The van der Waals surface area contributed by atoms with Crippen LogP contribution in [0.2, 0.25) is 0 Å². The van der Waals surface area contributed by atoms with Crippen LogP contribution in [0.5, 0.6) is 0 Å². The molecular formula is C9H11F2NO. The van der Waals surface area contributed by atoms with Crippen LogP contribution in [0.15, 0.2) is 12.1 Å². The highest BCUT2D eigenvalue weighted by Gasteiger charge is 2.15. The summed E-state index contributed by atoms with van der Waals surface area (Å²) in [5.74, 6) is -1.87. The van der Waals surface area contributed by atoms with Crippen molar-refractivity contribution in [3.05, 3.63) is 34.9 Å². The fraction of sp³-hybridized carbons (Fsp3) is 0.333. The van der Waals surface area contributed by atoms with Gasteiger partial charge in [0.05, 0.1) is 12.6 Å². The molecule has 0 amide bonds. The first-order valence-corrected chi connectivity index (χ1v) is 3.89. The molecule has 0 fully saturated rings. The summed E-state index contributed by atoms with van der Waals surface area (Å²) in [5.41, 5.74) is 5.59. The molecule has 0 aliphatic rings. The van der Waals surface area contributed by atoms with Crippen LogP contribution in [-0.2, 0) is 0 Å². The second-order valence-electron chi connectivity index (χ2n) is 2.89. The van der Waals surface area contributed by atoms with E-state index in [0.29, 0.717) is 0 Å². The zero-order chi connectivity index (χ0) is 10.0. The molecule has 0 aliphatic heterocycles. The Hall–Kier alpha value is -1.00. The maximum atomic E-state index is 13.1. The number of hydrogen-bond acceptors (Lipinski definition) is 2. The number of hydrogen-bond donors (Lipinski definition) is 2. The molecule has 0 bridgehead atoms. The number of benzene rings is 1. The largest absolute Gasteiger partial charge is 0.394 e. The molecule has 1 atom stereocenters. The van der Waals surface area contributed by atoms with Crippen LogP contribution < -0.4 is 5.73 Å². The van der Waals surface area contributed by atoms with Crippen molar-refractivity contribution in [1.82, 2.24) is 0 Å². The van der Waals surface area contributed by atoms with Crippen LogP contribution in [0.1, 0.15) is 17.2 Å². The molecule has 0 saturated carbocycles. The Morgan fingerprint density at radius 3 is 2.54 bits per heavy atom. The minimum atomic E-state index is -0.971. The monoisotopic (exact) mass is 187 g/mol. The molecule has 1 aromatic rings. The number of rotatable bonds is 2. The van der Waals surface area contributed by atoms with E-state index in [1.165, 1.54) is 19.1 Å². The van der Waals surface area contributed by atoms with E-state index >= 15 is 0 Å². The van der Waals surface area contributed by atoms with Crippen LogP contribution in [-0.4, -0.2) is 11.7 Å². The summed E-state index contributed by atoms with van der Waals surface area (Å²) in [6, 6.07) is 1.95. The maximum absolute atomic E-state index is 13.1. The normalized spacial score (nSPS) is 13.0. The molecule has 0 radical (unpaired) electrons. The third kappa shape index (κ3) is 1.84. The van der Waals surface area contributed by atoms with Crippen molar-refractivity contribution in [3.63, 3.8) is 0 Å². The number of aliphatic hydroxyl groups excluding tert-OH is 1. The highest BCUT2D eigenvalue weighted by molar-refractivity contribution is 5.27. The average molecular weight is 187 g/mol. The van der Waals surface area contributed by atoms with Gasteiger partial charge in [-0.3, -0.25) is 0 Å². The Morgan fingerprint density at radius 1 is 1.38 bits per heavy atom. The maximum Gasteiger partial charge on any atom is 0.163 e. The third-order valence-corrected chi connectivity index (χ3v) is 1.90. The molecule has 1 rings (SSSR count). The first-order chi connectivity index (χ1) is 6.07. The predicted octanol–water partition coefficient (Wildman–Crippen LogP) is 1.27. The molecule has 0 aromatic heterocycles. The van der Waals surface area contributed by atoms with Crippen LogP contribution >= 0.6 is 0 Å². The van der Waals surface area contributed by atoms with Crippen molar-refractivity contribution in [2.75, 3.05) is 6.61 Å². The highest BCUT2D eigenvalue weighted by Crippen LogP contribution is 2.19. The van der Waals surface area contributed by atoms with Gasteiger partial charge in [0.1, 0.15) is 0 Å². The summed E-state index contributed by atoms with van der Waals surface area (Å²) in [7, 11) is 0. The Kier molecular flexibility index (Phi) is 2.95. The predicted molar refractivity (Wildman–Crippen MR) is 45.1 cm³/mol. The van der Waals surface area contributed by atoms with Crippen LogP contribution in [0.25, 0.3) is 0 Å². The van der Waals surface area contributed by atoms with Gasteiger partial charge in [0.2, 0.25) is 0 Å². The summed E-state index contributed by atoms with van der Waals surface area (Å²) in [6.07, 6.45) is 0. The molecule has 4 heteroatoms. The highest BCUT2D eigenvalue weighted by atomic mass is 19.2. The molecule has 0 saturated heterocycles. The van der Waals surface area contributed by atoms with Crippen molar-refractivity contribution in [1.29, 1.82) is 0 Å². The fourth-order valence-corrected chi connectivity index (χ4v) is 1.05. The summed E-state index contributed by atoms with van der Waals surface area (Å²) in [5, 5.41) is 8.66. The van der Waals surface area contributed by atoms with Gasteiger partial charge in [-0.2, -0.15) is 0 Å². The second kappa shape index (κ2) is 3.81. The minimum Gasteiger partial charge on any atom is -0.394 e. The summed E-state index contributed by atoms with van der Waals surface area (Å²) in [6.45, 7) is 1.06. The Morgan fingerprint density at radius 2 is 2.00 bits per heavy atom.